The molecule has 0 aliphatic rings. The Morgan fingerprint density at radius 2 is 2.06 bits per heavy atom. The maximum absolute atomic E-state index is 6.00. The van der Waals surface area contributed by atoms with Gasteiger partial charge in [-0.2, -0.15) is 0 Å². The molecule has 0 saturated carbocycles. The van der Waals surface area contributed by atoms with Gasteiger partial charge in [0.2, 0.25) is 0 Å². The fraction of sp³-hybridized carbons (Fsp3) is 0.385. The van der Waals surface area contributed by atoms with Crippen LogP contribution in [-0.4, -0.2) is 10.1 Å². The van der Waals surface area contributed by atoms with Crippen molar-refractivity contribution in [2.75, 3.05) is 11.1 Å². The molecule has 0 amide bonds. The second-order valence-electron chi connectivity index (χ2n) is 4.49. The molecule has 0 aliphatic carbocycles. The van der Waals surface area contributed by atoms with Gasteiger partial charge < -0.3 is 15.6 Å². The van der Waals surface area contributed by atoms with Gasteiger partial charge in [-0.25, -0.2) is 4.98 Å². The lowest BCUT2D eigenvalue weighted by atomic mass is 10.1. The summed E-state index contributed by atoms with van der Waals surface area (Å²) in [5, 5.41) is 7.25. The summed E-state index contributed by atoms with van der Waals surface area (Å²) in [6.07, 6.45) is 1.74. The lowest BCUT2D eigenvalue weighted by Crippen LogP contribution is -2.11. The molecule has 5 heteroatoms. The van der Waals surface area contributed by atoms with Crippen LogP contribution in [0.15, 0.2) is 16.8 Å². The van der Waals surface area contributed by atoms with Crippen molar-refractivity contribution in [2.24, 2.45) is 0 Å². The topological polar surface area (TPSA) is 77.0 Å². The van der Waals surface area contributed by atoms with Gasteiger partial charge in [-0.3, -0.25) is 0 Å². The molecule has 96 valence electrons. The van der Waals surface area contributed by atoms with Crippen molar-refractivity contribution in [3.8, 4) is 0 Å². The van der Waals surface area contributed by atoms with Crippen molar-refractivity contribution < 1.29 is 4.52 Å². The van der Waals surface area contributed by atoms with Crippen LogP contribution in [0.25, 0.3) is 0 Å². The minimum Gasteiger partial charge on any atom is -0.396 e. The normalized spacial score (nSPS) is 12.4. The van der Waals surface area contributed by atoms with E-state index in [1.165, 1.54) is 0 Å². The Balaban J connectivity index is 2.27. The highest BCUT2D eigenvalue weighted by molar-refractivity contribution is 5.65. The molecule has 1 atom stereocenters. The molecule has 0 bridgehead atoms. The number of rotatable bonds is 3. The van der Waals surface area contributed by atoms with Crippen LogP contribution in [0, 0.1) is 20.8 Å². The summed E-state index contributed by atoms with van der Waals surface area (Å²) in [6.45, 7) is 7.83. The van der Waals surface area contributed by atoms with Gasteiger partial charge in [-0.1, -0.05) is 5.16 Å². The van der Waals surface area contributed by atoms with Gasteiger partial charge in [-0.15, -0.1) is 0 Å². The first-order chi connectivity index (χ1) is 8.50. The Morgan fingerprint density at radius 3 is 2.67 bits per heavy atom. The van der Waals surface area contributed by atoms with Gasteiger partial charge in [0.15, 0.2) is 0 Å². The van der Waals surface area contributed by atoms with Crippen molar-refractivity contribution in [3.63, 3.8) is 0 Å². The fourth-order valence-corrected chi connectivity index (χ4v) is 2.07. The number of nitrogens with one attached hydrogen (secondary N) is 1. The maximum atomic E-state index is 6.00. The Morgan fingerprint density at radius 1 is 1.33 bits per heavy atom. The number of aromatic nitrogens is 2. The molecule has 2 aromatic rings. The molecule has 0 spiro atoms. The van der Waals surface area contributed by atoms with Crippen molar-refractivity contribution in [3.05, 3.63) is 34.8 Å². The lowest BCUT2D eigenvalue weighted by Gasteiger charge is -2.16. The van der Waals surface area contributed by atoms with E-state index in [-0.39, 0.29) is 6.04 Å². The largest absolute Gasteiger partial charge is 0.396 e. The number of aryl methyl sites for hydroxylation is 3. The van der Waals surface area contributed by atoms with Gasteiger partial charge in [0.25, 0.3) is 0 Å². The molecule has 0 fully saturated rings. The van der Waals surface area contributed by atoms with Crippen LogP contribution in [0.2, 0.25) is 0 Å². The molecule has 0 saturated heterocycles. The van der Waals surface area contributed by atoms with Crippen molar-refractivity contribution in [1.29, 1.82) is 0 Å². The lowest BCUT2D eigenvalue weighted by molar-refractivity contribution is 0.392. The smallest absolute Gasteiger partial charge is 0.149 e. The summed E-state index contributed by atoms with van der Waals surface area (Å²) >= 11 is 0. The van der Waals surface area contributed by atoms with Gasteiger partial charge in [-0.05, 0) is 39.3 Å². The van der Waals surface area contributed by atoms with Crippen molar-refractivity contribution in [2.45, 2.75) is 33.7 Å². The van der Waals surface area contributed by atoms with E-state index in [1.807, 2.05) is 33.8 Å². The van der Waals surface area contributed by atoms with Crippen molar-refractivity contribution >= 4 is 11.5 Å². The van der Waals surface area contributed by atoms with Crippen LogP contribution < -0.4 is 11.1 Å². The van der Waals surface area contributed by atoms with E-state index in [9.17, 15) is 0 Å². The van der Waals surface area contributed by atoms with E-state index in [4.69, 9.17) is 10.3 Å². The Labute approximate surface area is 106 Å². The van der Waals surface area contributed by atoms with Crippen LogP contribution in [-0.2, 0) is 0 Å². The third kappa shape index (κ3) is 2.16. The molecule has 1 unspecified atom stereocenters. The zero-order valence-corrected chi connectivity index (χ0v) is 11.1. The zero-order chi connectivity index (χ0) is 13.3. The molecule has 2 aromatic heterocycles. The van der Waals surface area contributed by atoms with E-state index >= 15 is 0 Å². The molecule has 0 aliphatic heterocycles. The third-order valence-corrected chi connectivity index (χ3v) is 3.08. The first kappa shape index (κ1) is 12.4. The standard InChI is InChI=1S/C13H18N4O/c1-7-5-6-15-13(12(7)14)16-8(2)11-9(3)17-18-10(11)4/h5-6,8H,14H2,1-4H3,(H,15,16). The highest BCUT2D eigenvalue weighted by atomic mass is 16.5. The van der Waals surface area contributed by atoms with Crippen LogP contribution in [0.1, 0.15) is 35.5 Å². The van der Waals surface area contributed by atoms with Gasteiger partial charge in [0.05, 0.1) is 17.4 Å². The summed E-state index contributed by atoms with van der Waals surface area (Å²) in [7, 11) is 0. The number of nitrogen functional groups attached to an aromatic ring is 1. The molecular weight excluding hydrogens is 228 g/mol. The molecule has 5 nitrogen and oxygen atoms in total. The van der Waals surface area contributed by atoms with Crippen LogP contribution >= 0.6 is 0 Å². The number of hydrogen-bond acceptors (Lipinski definition) is 5. The van der Waals surface area contributed by atoms with Crippen molar-refractivity contribution in [1.82, 2.24) is 10.1 Å². The Kier molecular flexibility index (Phi) is 3.23. The molecule has 2 heterocycles. The molecule has 2 rings (SSSR count). The second-order valence-corrected chi connectivity index (χ2v) is 4.49. The summed E-state index contributed by atoms with van der Waals surface area (Å²) in [5.41, 5.74) is 9.63. The summed E-state index contributed by atoms with van der Waals surface area (Å²) < 4.78 is 5.17. The van der Waals surface area contributed by atoms with Gasteiger partial charge >= 0.3 is 0 Å². The van der Waals surface area contributed by atoms with E-state index in [0.717, 1.165) is 22.6 Å². The van der Waals surface area contributed by atoms with E-state index in [2.05, 4.69) is 15.5 Å². The molecule has 0 aromatic carbocycles. The third-order valence-electron chi connectivity index (χ3n) is 3.08. The Bertz CT molecular complexity index is 543. The van der Waals surface area contributed by atoms with Crippen LogP contribution in [0.5, 0.6) is 0 Å². The quantitative estimate of drug-likeness (QED) is 0.870. The van der Waals surface area contributed by atoms with E-state index in [0.29, 0.717) is 11.5 Å². The van der Waals surface area contributed by atoms with Gasteiger partial charge in [0.1, 0.15) is 11.6 Å². The molecule has 18 heavy (non-hydrogen) atoms. The predicted molar refractivity (Wildman–Crippen MR) is 71.4 cm³/mol. The maximum Gasteiger partial charge on any atom is 0.149 e. The molecule has 3 N–H and O–H groups in total. The highest BCUT2D eigenvalue weighted by Gasteiger charge is 2.17. The Hall–Kier alpha value is -2.04. The second kappa shape index (κ2) is 4.68. The first-order valence-electron chi connectivity index (χ1n) is 5.91. The van der Waals surface area contributed by atoms with E-state index in [1.54, 1.807) is 6.20 Å². The number of pyridine rings is 1. The average Bonchev–Trinajstić information content (AvgIpc) is 2.65. The number of anilines is 2. The fourth-order valence-electron chi connectivity index (χ4n) is 2.07. The van der Waals surface area contributed by atoms with Crippen LogP contribution in [0.4, 0.5) is 11.5 Å². The monoisotopic (exact) mass is 246 g/mol. The zero-order valence-electron chi connectivity index (χ0n) is 11.1. The SMILES string of the molecule is Cc1ccnc(NC(C)c2c(C)noc2C)c1N. The summed E-state index contributed by atoms with van der Waals surface area (Å²) in [5.74, 6) is 1.52. The van der Waals surface area contributed by atoms with Gasteiger partial charge in [0, 0.05) is 11.8 Å². The van der Waals surface area contributed by atoms with E-state index < -0.39 is 0 Å². The molecule has 0 radical (unpaired) electrons. The summed E-state index contributed by atoms with van der Waals surface area (Å²) in [4.78, 5) is 4.26. The summed E-state index contributed by atoms with van der Waals surface area (Å²) in [6, 6.07) is 1.94. The van der Waals surface area contributed by atoms with Crippen LogP contribution in [0.3, 0.4) is 0 Å². The molecular formula is C13H18N4O. The highest BCUT2D eigenvalue weighted by Crippen LogP contribution is 2.27. The minimum absolute atomic E-state index is 0.0489. The number of nitrogens with two attached hydrogens (primary N) is 1. The minimum atomic E-state index is 0.0489. The average molecular weight is 246 g/mol. The first-order valence-corrected chi connectivity index (χ1v) is 5.91. The number of nitrogens with zero attached hydrogens (tertiary/aromatic N) is 2. The number of hydrogen-bond donors (Lipinski definition) is 2. The predicted octanol–water partition coefficient (Wildman–Crippen LogP) is 2.75.